The topological polar surface area (TPSA) is 13.0 Å². The van der Waals surface area contributed by atoms with E-state index in [1.54, 1.807) is 0 Å². The first kappa shape index (κ1) is 15.2. The van der Waals surface area contributed by atoms with Gasteiger partial charge in [0.25, 0.3) is 0 Å². The maximum atomic E-state index is 2.97. The molecule has 1 aliphatic carbocycles. The van der Waals surface area contributed by atoms with Gasteiger partial charge in [0, 0.05) is 0 Å². The fourth-order valence-corrected chi connectivity index (χ4v) is 8.43. The van der Waals surface area contributed by atoms with Gasteiger partial charge in [0.05, 0.1) is 0 Å². The Morgan fingerprint density at radius 1 is 0.750 bits per heavy atom. The molecule has 0 aromatic carbocycles. The molecule has 0 radical (unpaired) electrons. The Bertz CT molecular complexity index is 318. The third-order valence-corrected chi connectivity index (χ3v) is 11.2. The molecule has 0 aromatic rings. The van der Waals surface area contributed by atoms with E-state index < -0.39 is 7.71 Å². The van der Waals surface area contributed by atoms with E-state index in [1.165, 1.54) is 71.4 Å². The van der Waals surface area contributed by atoms with Crippen LogP contribution in [0.25, 0.3) is 0 Å². The number of rotatable bonds is 1. The number of hydrogen-bond donors (Lipinski definition) is 0. The van der Waals surface area contributed by atoms with Crippen LogP contribution in [0.1, 0.15) is 32.1 Å². The van der Waals surface area contributed by atoms with Crippen LogP contribution < -0.4 is 0 Å². The van der Waals surface area contributed by atoms with Crippen LogP contribution in [0, 0.1) is 0 Å². The van der Waals surface area contributed by atoms with Crippen LogP contribution in [0.4, 0.5) is 0 Å². The zero-order chi connectivity index (χ0) is 14.2. The van der Waals surface area contributed by atoms with Crippen molar-refractivity contribution in [2.24, 2.45) is 0 Å². The molecule has 3 aliphatic heterocycles. The van der Waals surface area contributed by atoms with Gasteiger partial charge in [0.2, 0.25) is 0 Å². The molecule has 3 saturated heterocycles. The Labute approximate surface area is 125 Å². The van der Waals surface area contributed by atoms with Gasteiger partial charge in [-0.3, -0.25) is 0 Å². The maximum absolute atomic E-state index is 2.97. The monoisotopic (exact) mass is 300 g/mol. The minimum atomic E-state index is -1.63. The van der Waals surface area contributed by atoms with Gasteiger partial charge in [-0.2, -0.15) is 0 Å². The van der Waals surface area contributed by atoms with Gasteiger partial charge < -0.3 is 0 Å². The molecule has 0 amide bonds. The molecule has 2 bridgehead atoms. The SMILES string of the molecule is CN1CCN2CCN(C)[PH]1(C)N(C1CCCCC1)CC2. The molecule has 4 nitrogen and oxygen atoms in total. The molecular formula is C15H33N4P. The number of fused-ring (bicyclic) bond motifs is 6. The van der Waals surface area contributed by atoms with E-state index in [-0.39, 0.29) is 0 Å². The van der Waals surface area contributed by atoms with Crippen molar-refractivity contribution in [2.45, 2.75) is 38.1 Å². The van der Waals surface area contributed by atoms with Crippen LogP contribution in [0.5, 0.6) is 0 Å². The molecule has 0 aromatic heterocycles. The van der Waals surface area contributed by atoms with Crippen molar-refractivity contribution >= 4 is 7.71 Å². The van der Waals surface area contributed by atoms with E-state index in [0.29, 0.717) is 0 Å². The second-order valence-corrected chi connectivity index (χ2v) is 11.2. The molecular weight excluding hydrogens is 267 g/mol. The second-order valence-electron chi connectivity index (χ2n) is 7.14. The second kappa shape index (κ2) is 6.18. The molecule has 0 atom stereocenters. The minimum absolute atomic E-state index is 0.850. The van der Waals surface area contributed by atoms with Gasteiger partial charge in [-0.15, -0.1) is 0 Å². The van der Waals surface area contributed by atoms with E-state index >= 15 is 0 Å². The van der Waals surface area contributed by atoms with Crippen LogP contribution >= 0.6 is 7.71 Å². The van der Waals surface area contributed by atoms with Crippen molar-refractivity contribution in [3.63, 3.8) is 0 Å². The van der Waals surface area contributed by atoms with E-state index in [0.717, 1.165) is 6.04 Å². The predicted molar refractivity (Wildman–Crippen MR) is 89.5 cm³/mol. The molecule has 0 unspecified atom stereocenters. The van der Waals surface area contributed by atoms with Gasteiger partial charge in [-0.05, 0) is 0 Å². The van der Waals surface area contributed by atoms with Gasteiger partial charge >= 0.3 is 125 Å². The normalized spacial score (nSPS) is 36.2. The van der Waals surface area contributed by atoms with Gasteiger partial charge in [-0.25, -0.2) is 0 Å². The molecule has 20 heavy (non-hydrogen) atoms. The molecule has 0 N–H and O–H groups in total. The Morgan fingerprint density at radius 3 is 1.90 bits per heavy atom. The van der Waals surface area contributed by atoms with Gasteiger partial charge in [0.15, 0.2) is 0 Å². The third-order valence-electron chi connectivity index (χ3n) is 6.17. The van der Waals surface area contributed by atoms with Crippen molar-refractivity contribution in [1.29, 1.82) is 0 Å². The standard InChI is InChI=1S/C15H33N4P/c1-16-9-11-18-12-10-17(2)20(16,3)19(14-13-18)15-7-5-4-6-8-15/h15,20H,4-14H2,1-3H3. The van der Waals surface area contributed by atoms with Crippen LogP contribution in [-0.2, 0) is 0 Å². The molecule has 3 heterocycles. The first-order chi connectivity index (χ1) is 9.62. The van der Waals surface area contributed by atoms with E-state index in [9.17, 15) is 0 Å². The van der Waals surface area contributed by atoms with Crippen molar-refractivity contribution in [1.82, 2.24) is 18.9 Å². The van der Waals surface area contributed by atoms with Crippen LogP contribution in [0.15, 0.2) is 0 Å². The fraction of sp³-hybridized carbons (Fsp3) is 1.00. The zero-order valence-electron chi connectivity index (χ0n) is 13.6. The van der Waals surface area contributed by atoms with E-state index in [1.807, 2.05) is 0 Å². The average Bonchev–Trinajstić information content (AvgIpc) is 2.46. The molecule has 4 rings (SSSR count). The molecule has 118 valence electrons. The Hall–Kier alpha value is 0.270. The quantitative estimate of drug-likeness (QED) is 0.686. The zero-order valence-corrected chi connectivity index (χ0v) is 14.6. The molecule has 4 fully saturated rings. The summed E-state index contributed by atoms with van der Waals surface area (Å²) in [5, 5.41) is 0. The van der Waals surface area contributed by atoms with Gasteiger partial charge in [-0.1, -0.05) is 0 Å². The molecule has 0 spiro atoms. The van der Waals surface area contributed by atoms with Gasteiger partial charge in [0.1, 0.15) is 0 Å². The first-order valence-corrected chi connectivity index (χ1v) is 10.9. The molecule has 5 heteroatoms. The summed E-state index contributed by atoms with van der Waals surface area (Å²) in [4.78, 5) is 2.68. The summed E-state index contributed by atoms with van der Waals surface area (Å²) >= 11 is 0. The van der Waals surface area contributed by atoms with Crippen molar-refractivity contribution in [2.75, 3.05) is 60.0 Å². The predicted octanol–water partition coefficient (Wildman–Crippen LogP) is 1.94. The van der Waals surface area contributed by atoms with Crippen molar-refractivity contribution < 1.29 is 0 Å². The van der Waals surface area contributed by atoms with Crippen LogP contribution in [-0.4, -0.2) is 85.0 Å². The third kappa shape index (κ3) is 2.66. The Balaban J connectivity index is 1.89. The summed E-state index contributed by atoms with van der Waals surface area (Å²) < 4.78 is 8.43. The number of hydrogen-bond acceptors (Lipinski definition) is 4. The summed E-state index contributed by atoms with van der Waals surface area (Å²) in [7, 11) is 3.13. The Kier molecular flexibility index (Phi) is 4.69. The summed E-state index contributed by atoms with van der Waals surface area (Å²) in [6, 6.07) is 0.850. The molecule has 1 saturated carbocycles. The van der Waals surface area contributed by atoms with Crippen molar-refractivity contribution in [3.05, 3.63) is 0 Å². The summed E-state index contributed by atoms with van der Waals surface area (Å²) in [5.41, 5.74) is 0. The molecule has 4 aliphatic rings. The van der Waals surface area contributed by atoms with Crippen LogP contribution in [0.2, 0.25) is 0 Å². The first-order valence-electron chi connectivity index (χ1n) is 8.54. The van der Waals surface area contributed by atoms with E-state index in [2.05, 4.69) is 39.7 Å². The number of likely N-dealkylation sites (N-methyl/N-ethyl adjacent to an activating group) is 2. The van der Waals surface area contributed by atoms with Crippen molar-refractivity contribution in [3.8, 4) is 0 Å². The Morgan fingerprint density at radius 2 is 1.30 bits per heavy atom. The summed E-state index contributed by atoms with van der Waals surface area (Å²) in [5.74, 6) is 0. The van der Waals surface area contributed by atoms with E-state index in [4.69, 9.17) is 0 Å². The van der Waals surface area contributed by atoms with Crippen LogP contribution in [0.3, 0.4) is 0 Å². The average molecular weight is 300 g/mol. The summed E-state index contributed by atoms with van der Waals surface area (Å²) in [6.45, 7) is 10.2. The fourth-order valence-electron chi connectivity index (χ4n) is 4.45. The number of nitrogens with zero attached hydrogens (tertiary/aromatic N) is 4. The summed E-state index contributed by atoms with van der Waals surface area (Å²) in [6.07, 6.45) is 7.22.